The van der Waals surface area contributed by atoms with E-state index in [4.69, 9.17) is 4.74 Å². The highest BCUT2D eigenvalue weighted by atomic mass is 32.2. The van der Waals surface area contributed by atoms with Gasteiger partial charge in [0.15, 0.2) is 6.61 Å². The number of imide groups is 1. The number of alkyl halides is 6. The van der Waals surface area contributed by atoms with Crippen LogP contribution >= 0.6 is 23.1 Å². The summed E-state index contributed by atoms with van der Waals surface area (Å²) in [6, 6.07) is 14.1. The van der Waals surface area contributed by atoms with Gasteiger partial charge in [0.1, 0.15) is 11.0 Å². The summed E-state index contributed by atoms with van der Waals surface area (Å²) in [6.45, 7) is -0.651. The maximum Gasteiger partial charge on any atom is 0.416 e. The number of fused-ring (bicyclic) bond motifs is 2. The van der Waals surface area contributed by atoms with Crippen molar-refractivity contribution in [2.75, 3.05) is 16.8 Å². The van der Waals surface area contributed by atoms with Crippen molar-refractivity contribution in [3.8, 4) is 5.75 Å². The molecular formula is C30H19F6N3O5S2. The van der Waals surface area contributed by atoms with Crippen LogP contribution in [0.1, 0.15) is 27.5 Å². The fourth-order valence-electron chi connectivity index (χ4n) is 5.41. The number of H-pyrrole nitrogens is 1. The van der Waals surface area contributed by atoms with Crippen molar-refractivity contribution in [3.63, 3.8) is 0 Å². The van der Waals surface area contributed by atoms with Crippen molar-refractivity contribution in [1.82, 2.24) is 4.98 Å². The molecule has 0 saturated carbocycles. The number of nitrogens with one attached hydrogen (secondary N) is 2. The first kappa shape index (κ1) is 31.4. The van der Waals surface area contributed by atoms with E-state index < -0.39 is 69.8 Å². The van der Waals surface area contributed by atoms with Gasteiger partial charge in [0, 0.05) is 22.0 Å². The van der Waals surface area contributed by atoms with E-state index in [2.05, 4.69) is 10.3 Å². The second-order valence-electron chi connectivity index (χ2n) is 10.3. The van der Waals surface area contributed by atoms with Crippen molar-refractivity contribution in [2.24, 2.45) is 5.92 Å². The summed E-state index contributed by atoms with van der Waals surface area (Å²) < 4.78 is 85.4. The van der Waals surface area contributed by atoms with Gasteiger partial charge in [0.2, 0.25) is 11.8 Å². The third-order valence-electron chi connectivity index (χ3n) is 7.34. The molecule has 3 aromatic carbocycles. The number of anilines is 2. The van der Waals surface area contributed by atoms with E-state index in [9.17, 15) is 45.5 Å². The van der Waals surface area contributed by atoms with Crippen molar-refractivity contribution in [1.29, 1.82) is 0 Å². The minimum absolute atomic E-state index is 0.0851. The van der Waals surface area contributed by atoms with E-state index in [1.54, 1.807) is 18.2 Å². The maximum atomic E-state index is 13.9. The summed E-state index contributed by atoms with van der Waals surface area (Å²) in [6.07, 6.45) is -9.34. The van der Waals surface area contributed by atoms with Gasteiger partial charge in [-0.15, -0.1) is 0 Å². The molecule has 0 bridgehead atoms. The van der Waals surface area contributed by atoms with Gasteiger partial charge < -0.3 is 15.0 Å². The third-order valence-corrected chi connectivity index (χ3v) is 9.74. The predicted octanol–water partition coefficient (Wildman–Crippen LogP) is 6.29. The second-order valence-corrected chi connectivity index (χ2v) is 12.4. The van der Waals surface area contributed by atoms with E-state index in [1.165, 1.54) is 18.2 Å². The number of hydrogen-bond donors (Lipinski definition) is 2. The van der Waals surface area contributed by atoms with Crippen LogP contribution in [0.4, 0.5) is 37.7 Å². The number of carbonyl (C=O) groups excluding carboxylic acids is 3. The van der Waals surface area contributed by atoms with Gasteiger partial charge in [0.25, 0.3) is 5.91 Å². The Labute approximate surface area is 263 Å². The fraction of sp³-hybridized carbons (Fsp3) is 0.200. The molecule has 46 heavy (non-hydrogen) atoms. The van der Waals surface area contributed by atoms with E-state index in [-0.39, 0.29) is 17.1 Å². The molecule has 238 valence electrons. The largest absolute Gasteiger partial charge is 0.483 e. The highest BCUT2D eigenvalue weighted by Gasteiger charge is 2.57. The number of aromatic amines is 1. The lowest BCUT2D eigenvalue weighted by Gasteiger charge is -2.30. The lowest BCUT2D eigenvalue weighted by Crippen LogP contribution is -2.32. The SMILES string of the molecule is O=C(COc1ccccc1C1c2sc(=O)[nH]c2SC2C(=O)N(c3cccc(C(F)(F)F)c3)C(=O)C21)Nc1cccc(C(F)(F)F)c1. The molecule has 4 aromatic rings. The normalized spacial score (nSPS) is 19.5. The first-order chi connectivity index (χ1) is 21.7. The molecule has 16 heteroatoms. The average molecular weight is 680 g/mol. The number of thiazole rings is 1. The topological polar surface area (TPSA) is 109 Å². The van der Waals surface area contributed by atoms with Crippen LogP contribution in [0, 0.1) is 5.92 Å². The Balaban J connectivity index is 1.31. The molecule has 3 atom stereocenters. The Morgan fingerprint density at radius 1 is 0.870 bits per heavy atom. The minimum atomic E-state index is -4.72. The quantitative estimate of drug-likeness (QED) is 0.183. The smallest absolute Gasteiger partial charge is 0.416 e. The molecule has 0 spiro atoms. The summed E-state index contributed by atoms with van der Waals surface area (Å²) >= 11 is 1.73. The molecule has 1 fully saturated rings. The zero-order chi connectivity index (χ0) is 33.0. The number of hydrogen-bond acceptors (Lipinski definition) is 7. The Morgan fingerprint density at radius 3 is 2.26 bits per heavy atom. The fourth-order valence-corrected chi connectivity index (χ4v) is 7.92. The molecule has 3 heterocycles. The van der Waals surface area contributed by atoms with Gasteiger partial charge in [-0.1, -0.05) is 53.4 Å². The average Bonchev–Trinajstić information content (AvgIpc) is 3.49. The minimum Gasteiger partial charge on any atom is -0.483 e. The molecule has 2 aliphatic rings. The van der Waals surface area contributed by atoms with Gasteiger partial charge >= 0.3 is 17.2 Å². The van der Waals surface area contributed by atoms with Crippen molar-refractivity contribution in [3.05, 3.63) is 104 Å². The van der Waals surface area contributed by atoms with Gasteiger partial charge in [-0.3, -0.25) is 19.2 Å². The molecule has 0 radical (unpaired) electrons. The van der Waals surface area contributed by atoms with Gasteiger partial charge in [-0.25, -0.2) is 4.90 Å². The zero-order valence-corrected chi connectivity index (χ0v) is 24.6. The number of thioether (sulfide) groups is 1. The highest BCUT2D eigenvalue weighted by molar-refractivity contribution is 8.00. The number of amides is 3. The molecule has 3 unspecified atom stereocenters. The van der Waals surface area contributed by atoms with Crippen LogP contribution in [0.5, 0.6) is 5.75 Å². The molecule has 1 saturated heterocycles. The van der Waals surface area contributed by atoms with E-state index in [0.29, 0.717) is 26.4 Å². The predicted molar refractivity (Wildman–Crippen MR) is 156 cm³/mol. The summed E-state index contributed by atoms with van der Waals surface area (Å²) in [5, 5.41) is 1.54. The second kappa shape index (κ2) is 11.7. The van der Waals surface area contributed by atoms with Crippen LogP contribution in [0.2, 0.25) is 0 Å². The summed E-state index contributed by atoms with van der Waals surface area (Å²) in [4.78, 5) is 55.9. The van der Waals surface area contributed by atoms with E-state index in [0.717, 1.165) is 53.4 Å². The van der Waals surface area contributed by atoms with Gasteiger partial charge in [-0.2, -0.15) is 26.3 Å². The Hall–Kier alpha value is -4.57. The standard InChI is InChI=1S/C30H19F6N3O5S2/c31-29(32,33)14-5-3-7-16(11-14)37-20(40)13-44-19-10-2-1-9-18(19)21-22-24(45-25-23(21)46-28(43)38-25)27(42)39(26(22)41)17-8-4-6-15(12-17)30(34,35)36/h1-12,21-22,24H,13H2,(H,37,40)(H,38,43). The number of halogens is 6. The number of para-hydroxylation sites is 1. The number of nitrogens with zero attached hydrogens (tertiary/aromatic N) is 1. The van der Waals surface area contributed by atoms with Crippen LogP contribution in [0.25, 0.3) is 0 Å². The highest BCUT2D eigenvalue weighted by Crippen LogP contribution is 2.54. The van der Waals surface area contributed by atoms with Crippen LogP contribution in [-0.2, 0) is 26.7 Å². The first-order valence-corrected chi connectivity index (χ1v) is 15.1. The van der Waals surface area contributed by atoms with Gasteiger partial charge in [0.05, 0.1) is 27.8 Å². The lowest BCUT2D eigenvalue weighted by atomic mass is 9.82. The van der Waals surface area contributed by atoms with Gasteiger partial charge in [-0.05, 0) is 42.5 Å². The lowest BCUT2D eigenvalue weighted by molar-refractivity contribution is -0.138. The van der Waals surface area contributed by atoms with E-state index in [1.807, 2.05) is 0 Å². The number of aromatic nitrogens is 1. The van der Waals surface area contributed by atoms with E-state index >= 15 is 0 Å². The third kappa shape index (κ3) is 5.89. The molecule has 2 N–H and O–H groups in total. The van der Waals surface area contributed by atoms with Crippen molar-refractivity contribution < 1.29 is 45.5 Å². The molecule has 6 rings (SSSR count). The van der Waals surface area contributed by atoms with Crippen LogP contribution in [0.15, 0.2) is 82.6 Å². The molecule has 1 aromatic heterocycles. The summed E-state index contributed by atoms with van der Waals surface area (Å²) in [5.41, 5.74) is -2.07. The molecule has 0 aliphatic carbocycles. The molecule has 2 aliphatic heterocycles. The first-order valence-electron chi connectivity index (χ1n) is 13.4. The summed E-state index contributed by atoms with van der Waals surface area (Å²) in [7, 11) is 0. The number of rotatable bonds is 6. The Bertz CT molecular complexity index is 1920. The Morgan fingerprint density at radius 2 is 1.54 bits per heavy atom. The number of ether oxygens (including phenoxy) is 1. The molecular weight excluding hydrogens is 660 g/mol. The van der Waals surface area contributed by atoms with Crippen LogP contribution in [-0.4, -0.2) is 34.6 Å². The molecule has 3 amide bonds. The monoisotopic (exact) mass is 679 g/mol. The number of benzene rings is 3. The van der Waals surface area contributed by atoms with Crippen molar-refractivity contribution >= 4 is 52.2 Å². The maximum absolute atomic E-state index is 13.9. The van der Waals surface area contributed by atoms with Crippen molar-refractivity contribution in [2.45, 2.75) is 28.5 Å². The molecule has 8 nitrogen and oxygen atoms in total. The summed E-state index contributed by atoms with van der Waals surface area (Å²) in [5.74, 6) is -4.38. The Kier molecular flexibility index (Phi) is 7.96. The van der Waals surface area contributed by atoms with Crippen LogP contribution in [0.3, 0.4) is 0 Å². The zero-order valence-electron chi connectivity index (χ0n) is 22.9. The number of carbonyl (C=O) groups is 3. The van der Waals surface area contributed by atoms with Crippen LogP contribution < -0.4 is 19.8 Å².